The molecule has 0 saturated heterocycles. The minimum atomic E-state index is -1.30. The molecule has 0 aliphatic rings. The molecule has 1 heterocycles. The number of aliphatic hydroxyl groups is 1. The number of carbonyl (C=O) groups is 1. The lowest BCUT2D eigenvalue weighted by atomic mass is 10.1. The monoisotopic (exact) mass is 449 g/mol. The standard InChI is InChI=1S/C20H18BrF2N3O2/c1-11-19(12(2)26(25-11)15-6-3-13(21)4-7-15)20(28)24-10-18(27)16-8-5-14(22)9-17(16)23/h3-9,18,27H,10H2,1-2H3,(H,24,28). The van der Waals surface area contributed by atoms with Crippen LogP contribution in [0.4, 0.5) is 8.78 Å². The largest absolute Gasteiger partial charge is 0.386 e. The Morgan fingerprint density at radius 1 is 1.21 bits per heavy atom. The fraction of sp³-hybridized carbons (Fsp3) is 0.200. The van der Waals surface area contributed by atoms with Gasteiger partial charge in [0.05, 0.1) is 28.7 Å². The number of halogens is 3. The van der Waals surface area contributed by atoms with Gasteiger partial charge in [-0.2, -0.15) is 5.10 Å². The maximum Gasteiger partial charge on any atom is 0.255 e. The second kappa shape index (κ2) is 8.20. The average molecular weight is 450 g/mol. The van der Waals surface area contributed by atoms with E-state index in [1.807, 2.05) is 24.3 Å². The van der Waals surface area contributed by atoms with Crippen molar-refractivity contribution < 1.29 is 18.7 Å². The van der Waals surface area contributed by atoms with Gasteiger partial charge in [0.25, 0.3) is 5.91 Å². The number of carbonyl (C=O) groups excluding carboxylic acids is 1. The first-order valence-corrected chi connectivity index (χ1v) is 9.30. The predicted octanol–water partition coefficient (Wildman–Crippen LogP) is 3.99. The fourth-order valence-corrected chi connectivity index (χ4v) is 3.23. The van der Waals surface area contributed by atoms with Gasteiger partial charge in [-0.1, -0.05) is 22.0 Å². The smallest absolute Gasteiger partial charge is 0.255 e. The number of aliphatic hydroxyl groups excluding tert-OH is 1. The number of nitrogens with one attached hydrogen (secondary N) is 1. The van der Waals surface area contributed by atoms with Crippen LogP contribution in [0.2, 0.25) is 0 Å². The number of nitrogens with zero attached hydrogens (tertiary/aromatic N) is 2. The van der Waals surface area contributed by atoms with E-state index in [4.69, 9.17) is 0 Å². The van der Waals surface area contributed by atoms with Crippen LogP contribution in [0.1, 0.15) is 33.4 Å². The molecule has 28 heavy (non-hydrogen) atoms. The maximum atomic E-state index is 13.8. The summed E-state index contributed by atoms with van der Waals surface area (Å²) >= 11 is 3.38. The molecule has 8 heteroatoms. The number of amides is 1. The van der Waals surface area contributed by atoms with Gasteiger partial charge in [-0.15, -0.1) is 0 Å². The van der Waals surface area contributed by atoms with Crippen LogP contribution in [-0.4, -0.2) is 27.3 Å². The molecule has 1 amide bonds. The van der Waals surface area contributed by atoms with Gasteiger partial charge >= 0.3 is 0 Å². The van der Waals surface area contributed by atoms with Gasteiger partial charge in [-0.05, 0) is 44.2 Å². The topological polar surface area (TPSA) is 67.2 Å². The van der Waals surface area contributed by atoms with E-state index < -0.39 is 23.6 Å². The van der Waals surface area contributed by atoms with Crippen molar-refractivity contribution in [3.05, 3.63) is 81.1 Å². The van der Waals surface area contributed by atoms with Crippen molar-refractivity contribution in [1.82, 2.24) is 15.1 Å². The number of rotatable bonds is 5. The minimum absolute atomic E-state index is 0.0827. The Morgan fingerprint density at radius 2 is 1.89 bits per heavy atom. The van der Waals surface area contributed by atoms with Crippen LogP contribution in [0.5, 0.6) is 0 Å². The third kappa shape index (κ3) is 4.13. The first-order valence-electron chi connectivity index (χ1n) is 8.51. The van der Waals surface area contributed by atoms with Gasteiger partial charge in [0, 0.05) is 22.6 Å². The quantitative estimate of drug-likeness (QED) is 0.618. The summed E-state index contributed by atoms with van der Waals surface area (Å²) in [6.45, 7) is 3.27. The maximum absolute atomic E-state index is 13.8. The van der Waals surface area contributed by atoms with Gasteiger partial charge in [-0.25, -0.2) is 13.5 Å². The number of aryl methyl sites for hydroxylation is 1. The molecule has 0 bridgehead atoms. The number of benzene rings is 2. The molecule has 5 nitrogen and oxygen atoms in total. The average Bonchev–Trinajstić information content (AvgIpc) is 2.94. The zero-order chi connectivity index (χ0) is 20.4. The van der Waals surface area contributed by atoms with Crippen LogP contribution in [0.15, 0.2) is 46.9 Å². The van der Waals surface area contributed by atoms with Crippen LogP contribution in [0.25, 0.3) is 5.69 Å². The van der Waals surface area contributed by atoms with E-state index in [1.165, 1.54) is 0 Å². The summed E-state index contributed by atoms with van der Waals surface area (Å²) in [7, 11) is 0. The second-order valence-corrected chi connectivity index (χ2v) is 7.24. The highest BCUT2D eigenvalue weighted by molar-refractivity contribution is 9.10. The molecule has 2 aromatic carbocycles. The molecule has 0 radical (unpaired) electrons. The van der Waals surface area contributed by atoms with Crippen molar-refractivity contribution in [3.63, 3.8) is 0 Å². The lowest BCUT2D eigenvalue weighted by Gasteiger charge is -2.13. The highest BCUT2D eigenvalue weighted by Crippen LogP contribution is 2.21. The lowest BCUT2D eigenvalue weighted by molar-refractivity contribution is 0.0912. The van der Waals surface area contributed by atoms with Gasteiger partial charge in [0.1, 0.15) is 11.6 Å². The Bertz CT molecular complexity index is 1020. The third-order valence-electron chi connectivity index (χ3n) is 4.37. The van der Waals surface area contributed by atoms with Crippen molar-refractivity contribution in [2.24, 2.45) is 0 Å². The minimum Gasteiger partial charge on any atom is -0.386 e. The summed E-state index contributed by atoms with van der Waals surface area (Å²) in [4.78, 5) is 12.6. The first-order chi connectivity index (χ1) is 13.3. The lowest BCUT2D eigenvalue weighted by Crippen LogP contribution is -2.29. The Morgan fingerprint density at radius 3 is 2.54 bits per heavy atom. The highest BCUT2D eigenvalue weighted by Gasteiger charge is 2.21. The van der Waals surface area contributed by atoms with Crippen LogP contribution in [0.3, 0.4) is 0 Å². The van der Waals surface area contributed by atoms with Crippen LogP contribution < -0.4 is 5.32 Å². The third-order valence-corrected chi connectivity index (χ3v) is 4.90. The predicted molar refractivity (Wildman–Crippen MR) is 104 cm³/mol. The fourth-order valence-electron chi connectivity index (χ4n) is 2.96. The summed E-state index contributed by atoms with van der Waals surface area (Å²) in [5.41, 5.74) is 2.27. The van der Waals surface area contributed by atoms with E-state index in [2.05, 4.69) is 26.3 Å². The van der Waals surface area contributed by atoms with Crippen molar-refractivity contribution in [2.75, 3.05) is 6.54 Å². The summed E-state index contributed by atoms with van der Waals surface area (Å²) in [5.74, 6) is -2.03. The Balaban J connectivity index is 1.76. The van der Waals surface area contributed by atoms with Crippen molar-refractivity contribution >= 4 is 21.8 Å². The van der Waals surface area contributed by atoms with Gasteiger partial charge in [0.2, 0.25) is 0 Å². The molecule has 0 spiro atoms. The zero-order valence-corrected chi connectivity index (χ0v) is 16.8. The SMILES string of the molecule is Cc1nn(-c2ccc(Br)cc2)c(C)c1C(=O)NCC(O)c1ccc(F)cc1F. The van der Waals surface area contributed by atoms with E-state index >= 15 is 0 Å². The summed E-state index contributed by atoms with van der Waals surface area (Å²) in [6, 6.07) is 10.4. The summed E-state index contributed by atoms with van der Waals surface area (Å²) in [5, 5.41) is 17.1. The van der Waals surface area contributed by atoms with Gasteiger partial charge < -0.3 is 10.4 Å². The molecule has 0 aliphatic carbocycles. The molecule has 2 N–H and O–H groups in total. The molecular formula is C20H18BrF2N3O2. The van der Waals surface area contributed by atoms with Crippen molar-refractivity contribution in [3.8, 4) is 5.69 Å². The van der Waals surface area contributed by atoms with E-state index in [9.17, 15) is 18.7 Å². The number of aromatic nitrogens is 2. The van der Waals surface area contributed by atoms with Crippen LogP contribution >= 0.6 is 15.9 Å². The van der Waals surface area contributed by atoms with Gasteiger partial charge in [-0.3, -0.25) is 4.79 Å². The molecule has 0 aliphatic heterocycles. The molecular weight excluding hydrogens is 432 g/mol. The molecule has 3 aromatic rings. The number of hydrogen-bond acceptors (Lipinski definition) is 3. The van der Waals surface area contributed by atoms with Gasteiger partial charge in [0.15, 0.2) is 0 Å². The van der Waals surface area contributed by atoms with Crippen molar-refractivity contribution in [1.29, 1.82) is 0 Å². The Hall–Kier alpha value is -2.58. The highest BCUT2D eigenvalue weighted by atomic mass is 79.9. The molecule has 0 fully saturated rings. The van der Waals surface area contributed by atoms with E-state index in [0.717, 1.165) is 22.3 Å². The molecule has 1 aromatic heterocycles. The first kappa shape index (κ1) is 20.2. The van der Waals surface area contributed by atoms with E-state index in [-0.39, 0.29) is 12.1 Å². The summed E-state index contributed by atoms with van der Waals surface area (Å²) < 4.78 is 29.4. The Labute approximate surface area is 169 Å². The molecule has 1 unspecified atom stereocenters. The second-order valence-electron chi connectivity index (χ2n) is 6.33. The number of hydrogen-bond donors (Lipinski definition) is 2. The van der Waals surface area contributed by atoms with E-state index in [0.29, 0.717) is 23.0 Å². The van der Waals surface area contributed by atoms with Crippen LogP contribution in [0, 0.1) is 25.5 Å². The molecule has 1 atom stereocenters. The molecule has 0 saturated carbocycles. The Kier molecular flexibility index (Phi) is 5.90. The molecule has 3 rings (SSSR count). The zero-order valence-electron chi connectivity index (χ0n) is 15.2. The van der Waals surface area contributed by atoms with Crippen LogP contribution in [-0.2, 0) is 0 Å². The summed E-state index contributed by atoms with van der Waals surface area (Å²) in [6.07, 6.45) is -1.30. The normalized spacial score (nSPS) is 12.1. The van der Waals surface area contributed by atoms with E-state index in [1.54, 1.807) is 18.5 Å². The molecule has 146 valence electrons. The van der Waals surface area contributed by atoms with Crippen molar-refractivity contribution in [2.45, 2.75) is 20.0 Å².